The van der Waals surface area contributed by atoms with Crippen LogP contribution in [0.1, 0.15) is 66.7 Å². The van der Waals surface area contributed by atoms with Gasteiger partial charge in [0.15, 0.2) is 6.61 Å². The number of fused-ring (bicyclic) bond motifs is 3. The molecule has 0 spiro atoms. The fraction of sp³-hybridized carbons (Fsp3) is 0.432. The second-order valence-electron chi connectivity index (χ2n) is 12.1. The molecule has 7 heteroatoms. The van der Waals surface area contributed by atoms with E-state index in [9.17, 15) is 13.2 Å². The second-order valence-corrected chi connectivity index (χ2v) is 14.4. The number of benzene rings is 3. The first kappa shape index (κ1) is 31.8. The Hall–Kier alpha value is -3.58. The van der Waals surface area contributed by atoms with E-state index in [1.54, 1.807) is 0 Å². The minimum Gasteiger partial charge on any atom is -0.582 e. The number of carbonyl (C=O) groups excluding carboxylic acids is 1. The molecule has 234 valence electrons. The van der Waals surface area contributed by atoms with Crippen LogP contribution in [0.25, 0.3) is 11.1 Å². The standard InChI is InChI=1S/C37H44O6S/c1-3-4-6-31(25-37(38)41-2)29-11-13-33(14-12-29)42-20-17-27-9-10-30-7-5-8-32-24-34(15-16-35(32)36(30)23-27)43-26-28-18-21-44(39,40)22-19-28/h3,9-16,23-24,28,31H,1,4-8,17-22,25-26H2,2H3/p+1. The average Bonchev–Trinajstić information content (AvgIpc) is 3.21. The largest absolute Gasteiger partial charge is 0.582 e. The predicted octanol–water partition coefficient (Wildman–Crippen LogP) is 7.14. The van der Waals surface area contributed by atoms with Crippen LogP contribution in [-0.2, 0) is 38.6 Å². The summed E-state index contributed by atoms with van der Waals surface area (Å²) in [6.45, 7) is 5.08. The number of esters is 1. The van der Waals surface area contributed by atoms with Crippen molar-refractivity contribution < 1.29 is 27.4 Å². The van der Waals surface area contributed by atoms with Crippen molar-refractivity contribution in [3.05, 3.63) is 95.6 Å². The van der Waals surface area contributed by atoms with Crippen molar-refractivity contribution in [3.63, 3.8) is 0 Å². The summed E-state index contributed by atoms with van der Waals surface area (Å²) in [5.74, 6) is 2.65. The van der Waals surface area contributed by atoms with Crippen LogP contribution < -0.4 is 4.74 Å². The van der Waals surface area contributed by atoms with E-state index in [0.717, 1.165) is 68.4 Å². The highest BCUT2D eigenvalue weighted by Crippen LogP contribution is 2.36. The zero-order valence-electron chi connectivity index (χ0n) is 25.8. The van der Waals surface area contributed by atoms with Crippen LogP contribution in [-0.4, -0.2) is 51.0 Å². The fourth-order valence-electron chi connectivity index (χ4n) is 6.33. The summed E-state index contributed by atoms with van der Waals surface area (Å²) in [4.78, 5) is 11.9. The normalized spacial score (nSPS) is 16.6. The third-order valence-electron chi connectivity index (χ3n) is 9.02. The first-order valence-electron chi connectivity index (χ1n) is 15.9. The van der Waals surface area contributed by atoms with Gasteiger partial charge < -0.3 is 14.2 Å². The SMILES string of the molecule is C=CCCC(CC(=O)OC)c1ccc(OCCc2ccc3c(c2)-c2ccc([OH+]CC4CCS(=O)(=O)CC4)cc2CCC3)cc1. The molecule has 6 nitrogen and oxygen atoms in total. The molecule has 0 saturated carbocycles. The van der Waals surface area contributed by atoms with Crippen LogP contribution in [0, 0.1) is 5.92 Å². The lowest BCUT2D eigenvalue weighted by molar-refractivity contribution is -0.141. The molecule has 1 N–H and O–H groups in total. The number of aromatic hydroxyl groups is 1. The number of ether oxygens (including phenoxy) is 3. The van der Waals surface area contributed by atoms with Gasteiger partial charge in [-0.25, -0.2) is 8.42 Å². The molecule has 1 fully saturated rings. The summed E-state index contributed by atoms with van der Waals surface area (Å²) < 4.78 is 39.4. The first-order chi connectivity index (χ1) is 21.3. The Morgan fingerprint density at radius 3 is 2.52 bits per heavy atom. The predicted molar refractivity (Wildman–Crippen MR) is 176 cm³/mol. The summed E-state index contributed by atoms with van der Waals surface area (Å²) in [6, 6.07) is 21.4. The van der Waals surface area contributed by atoms with Crippen molar-refractivity contribution in [2.75, 3.05) is 31.8 Å². The highest BCUT2D eigenvalue weighted by atomic mass is 32.2. The van der Waals surface area contributed by atoms with Gasteiger partial charge in [0.2, 0.25) is 0 Å². The van der Waals surface area contributed by atoms with Gasteiger partial charge in [-0.15, -0.1) is 6.58 Å². The Morgan fingerprint density at radius 2 is 1.77 bits per heavy atom. The Bertz CT molecular complexity index is 1530. The Balaban J connectivity index is 1.19. The molecule has 0 aromatic heterocycles. The van der Waals surface area contributed by atoms with Gasteiger partial charge in [0, 0.05) is 24.5 Å². The summed E-state index contributed by atoms with van der Waals surface area (Å²) >= 11 is 0. The summed E-state index contributed by atoms with van der Waals surface area (Å²) in [6.07, 6.45) is 9.37. The summed E-state index contributed by atoms with van der Waals surface area (Å²) in [5.41, 5.74) is 7.67. The number of hydrogen-bond donors (Lipinski definition) is 0. The third kappa shape index (κ3) is 8.53. The van der Waals surface area contributed by atoms with E-state index in [1.165, 1.54) is 34.9 Å². The van der Waals surface area contributed by atoms with Gasteiger partial charge in [-0.05, 0) is 102 Å². The molecule has 1 unspecified atom stereocenters. The van der Waals surface area contributed by atoms with Crippen molar-refractivity contribution in [2.24, 2.45) is 5.92 Å². The van der Waals surface area contributed by atoms with Gasteiger partial charge in [-0.3, -0.25) is 4.79 Å². The van der Waals surface area contributed by atoms with Crippen molar-refractivity contribution in [1.82, 2.24) is 0 Å². The number of aryl methyl sites for hydroxylation is 2. The Labute approximate surface area is 262 Å². The molecule has 1 heterocycles. The van der Waals surface area contributed by atoms with Crippen LogP contribution in [0.5, 0.6) is 11.5 Å². The quantitative estimate of drug-likeness (QED) is 0.116. The van der Waals surface area contributed by atoms with E-state index < -0.39 is 9.84 Å². The minimum absolute atomic E-state index is 0.0970. The molecule has 3 aromatic rings. The van der Waals surface area contributed by atoms with Crippen molar-refractivity contribution in [2.45, 2.75) is 63.7 Å². The topological polar surface area (TPSA) is 82.5 Å². The van der Waals surface area contributed by atoms with E-state index in [-0.39, 0.29) is 11.9 Å². The van der Waals surface area contributed by atoms with Crippen LogP contribution in [0.4, 0.5) is 0 Å². The second kappa shape index (κ2) is 14.9. The minimum atomic E-state index is -2.84. The fourth-order valence-corrected chi connectivity index (χ4v) is 7.92. The van der Waals surface area contributed by atoms with E-state index in [4.69, 9.17) is 14.2 Å². The number of rotatable bonds is 13. The Morgan fingerprint density at radius 1 is 1.00 bits per heavy atom. The molecule has 1 atom stereocenters. The number of aliphatic hydroxyl groups is 1. The maximum atomic E-state index is 11.9. The van der Waals surface area contributed by atoms with Gasteiger partial charge in [-0.2, -0.15) is 0 Å². The number of carbonyl (C=O) groups is 1. The molecule has 1 aliphatic heterocycles. The lowest BCUT2D eigenvalue weighted by atomic mass is 9.91. The molecular weight excluding hydrogens is 572 g/mol. The zero-order valence-corrected chi connectivity index (χ0v) is 26.6. The lowest BCUT2D eigenvalue weighted by Crippen LogP contribution is -2.26. The van der Waals surface area contributed by atoms with Crippen molar-refractivity contribution in [3.8, 4) is 22.6 Å². The molecular formula is C37H45O6S+. The van der Waals surface area contributed by atoms with Gasteiger partial charge in [0.05, 0.1) is 31.6 Å². The third-order valence-corrected chi connectivity index (χ3v) is 10.7. The molecule has 0 bridgehead atoms. The average molecular weight is 618 g/mol. The molecule has 1 aliphatic carbocycles. The maximum absolute atomic E-state index is 11.9. The number of methoxy groups -OCH3 is 1. The van der Waals surface area contributed by atoms with Crippen molar-refractivity contribution in [1.29, 1.82) is 0 Å². The summed E-state index contributed by atoms with van der Waals surface area (Å²) in [5, 5.41) is 0. The smallest absolute Gasteiger partial charge is 0.306 e. The van der Waals surface area contributed by atoms with Gasteiger partial charge >= 0.3 is 5.97 Å². The van der Waals surface area contributed by atoms with Crippen LogP contribution >= 0.6 is 0 Å². The van der Waals surface area contributed by atoms with Crippen LogP contribution in [0.15, 0.2) is 73.3 Å². The van der Waals surface area contributed by atoms with E-state index in [2.05, 4.69) is 43.0 Å². The van der Waals surface area contributed by atoms with Gasteiger partial charge in [0.1, 0.15) is 15.6 Å². The van der Waals surface area contributed by atoms with Gasteiger partial charge in [-0.1, -0.05) is 36.4 Å². The molecule has 2 aliphatic rings. The first-order valence-corrected chi connectivity index (χ1v) is 17.7. The van der Waals surface area contributed by atoms with Crippen molar-refractivity contribution >= 4 is 15.8 Å². The Kier molecular flexibility index (Phi) is 10.8. The maximum Gasteiger partial charge on any atom is 0.306 e. The highest BCUT2D eigenvalue weighted by molar-refractivity contribution is 7.91. The molecule has 44 heavy (non-hydrogen) atoms. The molecule has 0 radical (unpaired) electrons. The van der Waals surface area contributed by atoms with E-state index >= 15 is 0 Å². The highest BCUT2D eigenvalue weighted by Gasteiger charge is 2.26. The molecule has 3 aromatic carbocycles. The van der Waals surface area contributed by atoms with Crippen LogP contribution in [0.2, 0.25) is 0 Å². The number of hydrogen-bond acceptors (Lipinski definition) is 5. The molecule has 1 saturated heterocycles. The zero-order chi connectivity index (χ0) is 30.9. The number of sulfone groups is 1. The number of allylic oxidation sites excluding steroid dienone is 1. The van der Waals surface area contributed by atoms with E-state index in [0.29, 0.717) is 37.1 Å². The molecule has 0 amide bonds. The van der Waals surface area contributed by atoms with Gasteiger partial charge in [0.25, 0.3) is 5.75 Å². The molecule has 5 rings (SSSR count). The van der Waals surface area contributed by atoms with Crippen LogP contribution in [0.3, 0.4) is 0 Å². The lowest BCUT2D eigenvalue weighted by Gasteiger charge is -2.20. The monoisotopic (exact) mass is 617 g/mol. The van der Waals surface area contributed by atoms with E-state index in [1.807, 2.05) is 30.3 Å². The summed E-state index contributed by atoms with van der Waals surface area (Å²) in [7, 11) is -1.41.